The Kier molecular flexibility index (Phi) is 5.62. The van der Waals surface area contributed by atoms with Gasteiger partial charge in [-0.1, -0.05) is 12.1 Å². The van der Waals surface area contributed by atoms with Crippen LogP contribution in [0.2, 0.25) is 0 Å². The summed E-state index contributed by atoms with van der Waals surface area (Å²) >= 11 is 3.00. The van der Waals surface area contributed by atoms with Gasteiger partial charge in [0, 0.05) is 6.42 Å². The quantitative estimate of drug-likeness (QED) is 0.395. The molecule has 3 N–H and O–H groups in total. The fourth-order valence-electron chi connectivity index (χ4n) is 4.10. The summed E-state index contributed by atoms with van der Waals surface area (Å²) in [4.78, 5) is 28.6. The van der Waals surface area contributed by atoms with Gasteiger partial charge < -0.3 is 25.0 Å². The molecule has 4 heterocycles. The summed E-state index contributed by atoms with van der Waals surface area (Å²) < 4.78 is 11.3. The van der Waals surface area contributed by atoms with Crippen molar-refractivity contribution >= 4 is 39.6 Å². The first kappa shape index (κ1) is 21.0. The molecule has 5 rings (SSSR count). The van der Waals surface area contributed by atoms with E-state index >= 15 is 0 Å². The molecule has 0 saturated carbocycles. The summed E-state index contributed by atoms with van der Waals surface area (Å²) in [5.41, 5.74) is 2.81. The molecule has 0 aliphatic carbocycles. The van der Waals surface area contributed by atoms with E-state index in [4.69, 9.17) is 9.47 Å². The van der Waals surface area contributed by atoms with E-state index in [-0.39, 0.29) is 12.1 Å². The molecule has 9 heteroatoms. The zero-order valence-corrected chi connectivity index (χ0v) is 19.5. The summed E-state index contributed by atoms with van der Waals surface area (Å²) in [6, 6.07) is 8.90. The van der Waals surface area contributed by atoms with Crippen LogP contribution < -0.4 is 25.0 Å². The Morgan fingerprint density at radius 3 is 2.91 bits per heavy atom. The Morgan fingerprint density at radius 1 is 1.25 bits per heavy atom. The molecule has 1 aromatic carbocycles. The number of esters is 1. The molecule has 1 unspecified atom stereocenters. The summed E-state index contributed by atoms with van der Waals surface area (Å²) in [7, 11) is 2.18. The second kappa shape index (κ2) is 8.57. The maximum Gasteiger partial charge on any atom is 0.353 e. The van der Waals surface area contributed by atoms with Crippen molar-refractivity contribution < 1.29 is 24.0 Å². The third-order valence-corrected chi connectivity index (χ3v) is 7.67. The lowest BCUT2D eigenvalue weighted by Crippen LogP contribution is -3.08. The third-order valence-electron chi connectivity index (χ3n) is 5.66. The molecule has 2 aliphatic heterocycles. The fraction of sp³-hybridized carbons (Fsp3) is 0.304. The van der Waals surface area contributed by atoms with E-state index in [1.54, 1.807) is 29.5 Å². The topological polar surface area (TPSA) is 81.1 Å². The fourth-order valence-corrected chi connectivity index (χ4v) is 6.09. The molecule has 3 aromatic rings. The van der Waals surface area contributed by atoms with Gasteiger partial charge >= 0.3 is 5.97 Å². The van der Waals surface area contributed by atoms with Gasteiger partial charge in [0.25, 0.3) is 5.91 Å². The van der Waals surface area contributed by atoms with E-state index in [0.29, 0.717) is 23.0 Å². The highest BCUT2D eigenvalue weighted by molar-refractivity contribution is 7.16. The first-order valence-electron chi connectivity index (χ1n) is 10.6. The van der Waals surface area contributed by atoms with Gasteiger partial charge in [0.2, 0.25) is 0 Å². The number of rotatable bonds is 5. The zero-order chi connectivity index (χ0) is 22.2. The van der Waals surface area contributed by atoms with E-state index in [2.05, 4.69) is 17.7 Å². The summed E-state index contributed by atoms with van der Waals surface area (Å²) in [6.45, 7) is 4.29. The average Bonchev–Trinajstić information content (AvgIpc) is 3.42. The summed E-state index contributed by atoms with van der Waals surface area (Å²) in [5.74, 6) is 0.354. The van der Waals surface area contributed by atoms with Crippen molar-refractivity contribution in [2.24, 2.45) is 0 Å². The highest BCUT2D eigenvalue weighted by Crippen LogP contribution is 2.40. The number of carbonyl (C=O) groups excluding carboxylic acids is 2. The largest absolute Gasteiger partial charge is 0.490 e. The van der Waals surface area contributed by atoms with E-state index in [9.17, 15) is 9.59 Å². The number of amides is 1. The number of carbonyl (C=O) groups is 2. The second-order valence-corrected chi connectivity index (χ2v) is 9.95. The number of hydrogen-bond donors (Lipinski definition) is 3. The second-order valence-electron chi connectivity index (χ2n) is 7.90. The van der Waals surface area contributed by atoms with E-state index < -0.39 is 5.97 Å². The van der Waals surface area contributed by atoms with Crippen LogP contribution in [0.4, 0.5) is 5.00 Å². The van der Waals surface area contributed by atoms with Crippen LogP contribution in [0.25, 0.3) is 0 Å². The van der Waals surface area contributed by atoms with Gasteiger partial charge in [-0.2, -0.15) is 0 Å². The molecular formula is C23H24N3O4S2+. The lowest BCUT2D eigenvalue weighted by Gasteiger charge is -2.27. The molecule has 1 amide bonds. The molecule has 32 heavy (non-hydrogen) atoms. The Morgan fingerprint density at radius 2 is 2.12 bits per heavy atom. The molecule has 0 radical (unpaired) electrons. The van der Waals surface area contributed by atoms with E-state index in [1.165, 1.54) is 26.7 Å². The van der Waals surface area contributed by atoms with Crippen LogP contribution in [0.3, 0.4) is 0 Å². The van der Waals surface area contributed by atoms with E-state index in [0.717, 1.165) is 35.6 Å². The van der Waals surface area contributed by atoms with Crippen molar-refractivity contribution in [1.29, 1.82) is 0 Å². The monoisotopic (exact) mass is 470 g/mol. The van der Waals surface area contributed by atoms with Crippen molar-refractivity contribution in [2.45, 2.75) is 26.1 Å². The third kappa shape index (κ3) is 3.87. The molecule has 2 aromatic heterocycles. The van der Waals surface area contributed by atoms with Crippen molar-refractivity contribution in [3.05, 3.63) is 62.2 Å². The van der Waals surface area contributed by atoms with Crippen LogP contribution in [0.15, 0.2) is 35.7 Å². The van der Waals surface area contributed by atoms with Gasteiger partial charge in [-0.15, -0.1) is 22.7 Å². The minimum absolute atomic E-state index is 0.0491. The molecule has 0 spiro atoms. The molecule has 2 atom stereocenters. The number of quaternary nitrogens is 1. The van der Waals surface area contributed by atoms with Gasteiger partial charge in [0.05, 0.1) is 30.6 Å². The predicted octanol–water partition coefficient (Wildman–Crippen LogP) is 2.85. The first-order chi connectivity index (χ1) is 15.5. The van der Waals surface area contributed by atoms with Crippen LogP contribution in [0.5, 0.6) is 11.5 Å². The van der Waals surface area contributed by atoms with Gasteiger partial charge in [-0.3, -0.25) is 4.79 Å². The highest BCUT2D eigenvalue weighted by Gasteiger charge is 2.34. The van der Waals surface area contributed by atoms with Crippen LogP contribution in [0, 0.1) is 0 Å². The predicted molar refractivity (Wildman–Crippen MR) is 124 cm³/mol. The number of fused-ring (bicyclic) bond motifs is 3. The minimum atomic E-state index is -0.418. The van der Waals surface area contributed by atoms with E-state index in [1.807, 2.05) is 24.4 Å². The number of nitrogens with one attached hydrogen (secondary N) is 3. The van der Waals surface area contributed by atoms with Crippen LogP contribution in [-0.2, 0) is 13.0 Å². The highest BCUT2D eigenvalue weighted by atomic mass is 32.1. The summed E-state index contributed by atoms with van der Waals surface area (Å²) in [5, 5.41) is 9.31. The van der Waals surface area contributed by atoms with Crippen LogP contribution in [-0.4, -0.2) is 32.1 Å². The summed E-state index contributed by atoms with van der Waals surface area (Å²) in [6.07, 6.45) is 0.535. The number of ether oxygens (including phenoxy) is 2. The molecule has 0 saturated heterocycles. The number of anilines is 1. The minimum Gasteiger partial charge on any atom is -0.490 e. The smallest absolute Gasteiger partial charge is 0.353 e. The van der Waals surface area contributed by atoms with Gasteiger partial charge in [0.15, 0.2) is 11.5 Å². The lowest BCUT2D eigenvalue weighted by molar-refractivity contribution is -0.895. The van der Waals surface area contributed by atoms with Crippen molar-refractivity contribution in [1.82, 2.24) is 5.32 Å². The Hall–Kier alpha value is -2.88. The normalized spacial score (nSPS) is 19.4. The molecule has 0 bridgehead atoms. The average molecular weight is 471 g/mol. The molecule has 7 nitrogen and oxygen atoms in total. The number of hydrogen-bond acceptors (Lipinski definition) is 7. The van der Waals surface area contributed by atoms with Crippen molar-refractivity contribution in [3.63, 3.8) is 0 Å². The number of benzene rings is 1. The Labute approximate surface area is 194 Å². The standard InChI is InChI=1S/C23H23N3O4S2/c1-3-29-16-11-13(6-7-15(16)30-23(28)17-5-4-10-31-17)20-24-21(27)19-14-8-9-26(2)12-18(14)32-22(19)25-20/h4-7,10-11,20,25H,3,8-9,12H2,1-2H3,(H,24,27)/p+1/t20-/m1/s1. The zero-order valence-electron chi connectivity index (χ0n) is 17.8. The maximum absolute atomic E-state index is 13.0. The maximum atomic E-state index is 13.0. The number of likely N-dealkylation sites (N-methyl/N-ethyl adjacent to an activating group) is 1. The SMILES string of the molecule is CCOc1cc([C@@H]2NC(=O)c3c(sc4c3CC[NH+](C)C4)N2)ccc1OC(=O)c1cccs1. The van der Waals surface area contributed by atoms with Gasteiger partial charge in [0.1, 0.15) is 22.6 Å². The Balaban J connectivity index is 1.41. The lowest BCUT2D eigenvalue weighted by atomic mass is 10.0. The van der Waals surface area contributed by atoms with Crippen LogP contribution in [0.1, 0.15) is 49.1 Å². The van der Waals surface area contributed by atoms with Gasteiger partial charge in [-0.25, -0.2) is 4.79 Å². The van der Waals surface area contributed by atoms with Crippen molar-refractivity contribution in [2.75, 3.05) is 25.5 Å². The molecule has 0 fully saturated rings. The number of thiophene rings is 2. The molecule has 166 valence electrons. The van der Waals surface area contributed by atoms with Crippen molar-refractivity contribution in [3.8, 4) is 11.5 Å². The molecule has 2 aliphatic rings. The van der Waals surface area contributed by atoms with Crippen LogP contribution >= 0.6 is 22.7 Å². The van der Waals surface area contributed by atoms with Gasteiger partial charge in [-0.05, 0) is 41.6 Å². The molecular weight excluding hydrogens is 446 g/mol. The Bertz CT molecular complexity index is 1170. The first-order valence-corrected chi connectivity index (χ1v) is 12.3.